The van der Waals surface area contributed by atoms with E-state index in [4.69, 9.17) is 0 Å². The molecule has 0 spiro atoms. The van der Waals surface area contributed by atoms with E-state index in [1.54, 1.807) is 24.5 Å². The van der Waals surface area contributed by atoms with Crippen LogP contribution >= 0.6 is 0 Å². The summed E-state index contributed by atoms with van der Waals surface area (Å²) in [6.45, 7) is 1.93. The smallest absolute Gasteiger partial charge is 0.228 e. The Hall–Kier alpha value is -3.51. The molecule has 2 N–H and O–H groups in total. The van der Waals surface area contributed by atoms with Crippen molar-refractivity contribution < 1.29 is 18.5 Å². The van der Waals surface area contributed by atoms with Crippen LogP contribution < -0.4 is 5.32 Å². The van der Waals surface area contributed by atoms with Gasteiger partial charge in [0.25, 0.3) is 0 Å². The van der Waals surface area contributed by atoms with Crippen molar-refractivity contribution in [3.05, 3.63) is 94.8 Å². The van der Waals surface area contributed by atoms with Crippen molar-refractivity contribution in [3.8, 4) is 5.75 Å². The summed E-state index contributed by atoms with van der Waals surface area (Å²) in [4.78, 5) is 13.5. The highest BCUT2D eigenvalue weighted by Crippen LogP contribution is 2.44. The molecule has 0 aliphatic heterocycles. The standard InChI is InChI=1S/C26H22FNO3S/c1-16-23(13-17-3-10-21(11-4-17)32(2)31)22-12-5-18(27)14-25(22)24(16)15-26(30)28-19-6-8-20(29)9-7-19/h3-14,29H,15H2,1-2H3,(H,28,30). The molecule has 162 valence electrons. The highest BCUT2D eigenvalue weighted by molar-refractivity contribution is 7.84. The van der Waals surface area contributed by atoms with Gasteiger partial charge in [-0.3, -0.25) is 9.00 Å². The SMILES string of the molecule is CC1=C(CC(=O)Nc2ccc(O)cc2)c2cc(F)ccc2C1=Cc1ccc(S(C)=O)cc1. The zero-order chi connectivity index (χ0) is 22.8. The molecule has 32 heavy (non-hydrogen) atoms. The quantitative estimate of drug-likeness (QED) is 0.499. The number of rotatable bonds is 5. The van der Waals surface area contributed by atoms with Gasteiger partial charge in [-0.1, -0.05) is 18.2 Å². The van der Waals surface area contributed by atoms with Crippen molar-refractivity contribution in [1.82, 2.24) is 0 Å². The molecule has 1 aliphatic rings. The number of benzene rings is 3. The molecular weight excluding hydrogens is 425 g/mol. The number of phenolic OH excluding ortho intramolecular Hbond substituents is 1. The molecule has 1 atom stereocenters. The predicted molar refractivity (Wildman–Crippen MR) is 127 cm³/mol. The van der Waals surface area contributed by atoms with Crippen LogP contribution in [0.2, 0.25) is 0 Å². The van der Waals surface area contributed by atoms with Crippen LogP contribution in [0.3, 0.4) is 0 Å². The molecule has 0 saturated carbocycles. The fourth-order valence-electron chi connectivity index (χ4n) is 3.81. The topological polar surface area (TPSA) is 66.4 Å². The molecule has 6 heteroatoms. The molecule has 0 aromatic heterocycles. The summed E-state index contributed by atoms with van der Waals surface area (Å²) in [6, 6.07) is 18.3. The van der Waals surface area contributed by atoms with Crippen LogP contribution in [0, 0.1) is 5.82 Å². The van der Waals surface area contributed by atoms with E-state index in [0.29, 0.717) is 11.3 Å². The van der Waals surface area contributed by atoms with Gasteiger partial charge in [0, 0.05) is 27.6 Å². The Morgan fingerprint density at radius 3 is 2.38 bits per heavy atom. The maximum Gasteiger partial charge on any atom is 0.228 e. The molecule has 0 heterocycles. The van der Waals surface area contributed by atoms with E-state index in [2.05, 4.69) is 5.32 Å². The molecule has 1 unspecified atom stereocenters. The molecule has 4 rings (SSSR count). The Morgan fingerprint density at radius 2 is 1.72 bits per heavy atom. The first-order valence-corrected chi connectivity index (χ1v) is 11.6. The second-order valence-electron chi connectivity index (χ2n) is 7.65. The van der Waals surface area contributed by atoms with Crippen molar-refractivity contribution in [2.24, 2.45) is 0 Å². The van der Waals surface area contributed by atoms with Gasteiger partial charge >= 0.3 is 0 Å². The lowest BCUT2D eigenvalue weighted by molar-refractivity contribution is -0.115. The fourth-order valence-corrected chi connectivity index (χ4v) is 4.33. The number of fused-ring (bicyclic) bond motifs is 1. The molecule has 0 radical (unpaired) electrons. The zero-order valence-electron chi connectivity index (χ0n) is 17.7. The normalized spacial score (nSPS) is 15.0. The minimum Gasteiger partial charge on any atom is -0.508 e. The van der Waals surface area contributed by atoms with Crippen molar-refractivity contribution in [2.75, 3.05) is 11.6 Å². The third-order valence-electron chi connectivity index (χ3n) is 5.47. The number of amides is 1. The lowest BCUT2D eigenvalue weighted by atomic mass is 10.0. The van der Waals surface area contributed by atoms with Gasteiger partial charge in [0.2, 0.25) is 5.91 Å². The maximum atomic E-state index is 14.1. The highest BCUT2D eigenvalue weighted by atomic mass is 32.2. The lowest BCUT2D eigenvalue weighted by Gasteiger charge is -2.08. The number of halogens is 1. The Morgan fingerprint density at radius 1 is 1.03 bits per heavy atom. The van der Waals surface area contributed by atoms with Crippen LogP contribution in [0.15, 0.2) is 77.2 Å². The largest absolute Gasteiger partial charge is 0.508 e. The lowest BCUT2D eigenvalue weighted by Crippen LogP contribution is -2.11. The first-order chi connectivity index (χ1) is 15.3. The number of hydrogen-bond donors (Lipinski definition) is 2. The minimum absolute atomic E-state index is 0.0915. The molecule has 1 amide bonds. The van der Waals surface area contributed by atoms with Crippen LogP contribution in [0.1, 0.15) is 30.0 Å². The molecular formula is C26H22FNO3S. The zero-order valence-corrected chi connectivity index (χ0v) is 18.5. The molecule has 0 bridgehead atoms. The van der Waals surface area contributed by atoms with E-state index in [1.807, 2.05) is 37.3 Å². The Kier molecular flexibility index (Phi) is 6.06. The van der Waals surface area contributed by atoms with E-state index < -0.39 is 10.8 Å². The Balaban J connectivity index is 1.67. The number of phenols is 1. The highest BCUT2D eigenvalue weighted by Gasteiger charge is 2.25. The summed E-state index contributed by atoms with van der Waals surface area (Å²) in [5.74, 6) is -0.463. The average molecular weight is 448 g/mol. The summed E-state index contributed by atoms with van der Waals surface area (Å²) in [7, 11) is -1.05. The summed E-state index contributed by atoms with van der Waals surface area (Å²) in [6.07, 6.45) is 3.73. The molecule has 4 nitrogen and oxygen atoms in total. The first kappa shape index (κ1) is 21.7. The number of carbonyl (C=O) groups is 1. The maximum absolute atomic E-state index is 14.1. The number of anilines is 1. The first-order valence-electron chi connectivity index (χ1n) is 10.1. The summed E-state index contributed by atoms with van der Waals surface area (Å²) in [5.41, 5.74) is 5.70. The van der Waals surface area contributed by atoms with E-state index in [-0.39, 0.29) is 23.9 Å². The van der Waals surface area contributed by atoms with E-state index in [1.165, 1.54) is 24.3 Å². The third kappa shape index (κ3) is 4.55. The van der Waals surface area contributed by atoms with Gasteiger partial charge in [0.1, 0.15) is 11.6 Å². The van der Waals surface area contributed by atoms with Crippen LogP contribution in [0.5, 0.6) is 5.75 Å². The minimum atomic E-state index is -1.05. The van der Waals surface area contributed by atoms with Crippen molar-refractivity contribution >= 4 is 39.6 Å². The van der Waals surface area contributed by atoms with Crippen molar-refractivity contribution in [3.63, 3.8) is 0 Å². The Bertz CT molecular complexity index is 1280. The molecule has 3 aromatic rings. The average Bonchev–Trinajstić information content (AvgIpc) is 3.01. The van der Waals surface area contributed by atoms with Gasteiger partial charge in [-0.05, 0) is 94.9 Å². The van der Waals surface area contributed by atoms with Gasteiger partial charge in [0.05, 0.1) is 6.42 Å². The molecule has 0 fully saturated rings. The van der Waals surface area contributed by atoms with Crippen LogP contribution in [-0.4, -0.2) is 21.5 Å². The fraction of sp³-hybridized carbons (Fsp3) is 0.115. The van der Waals surface area contributed by atoms with E-state index in [0.717, 1.165) is 32.7 Å². The second-order valence-corrected chi connectivity index (χ2v) is 9.03. The van der Waals surface area contributed by atoms with E-state index in [9.17, 15) is 18.5 Å². The third-order valence-corrected chi connectivity index (χ3v) is 6.40. The van der Waals surface area contributed by atoms with E-state index >= 15 is 0 Å². The van der Waals surface area contributed by atoms with Gasteiger partial charge in [-0.15, -0.1) is 0 Å². The number of hydrogen-bond acceptors (Lipinski definition) is 3. The number of nitrogens with one attached hydrogen (secondary N) is 1. The predicted octanol–water partition coefficient (Wildman–Crippen LogP) is 5.63. The summed E-state index contributed by atoms with van der Waals surface area (Å²) in [5, 5.41) is 12.2. The molecule has 0 saturated heterocycles. The van der Waals surface area contributed by atoms with Crippen LogP contribution in [-0.2, 0) is 15.6 Å². The number of aromatic hydroxyl groups is 1. The molecule has 1 aliphatic carbocycles. The summed E-state index contributed by atoms with van der Waals surface area (Å²) >= 11 is 0. The number of allylic oxidation sites excluding steroid dienone is 2. The van der Waals surface area contributed by atoms with Crippen LogP contribution in [0.4, 0.5) is 10.1 Å². The Labute approximate surface area is 188 Å². The number of carbonyl (C=O) groups excluding carboxylic acids is 1. The van der Waals surface area contributed by atoms with Gasteiger partial charge in [0.15, 0.2) is 0 Å². The van der Waals surface area contributed by atoms with Crippen LogP contribution in [0.25, 0.3) is 17.2 Å². The van der Waals surface area contributed by atoms with Crippen molar-refractivity contribution in [1.29, 1.82) is 0 Å². The monoisotopic (exact) mass is 447 g/mol. The second kappa shape index (κ2) is 8.93. The van der Waals surface area contributed by atoms with Gasteiger partial charge < -0.3 is 10.4 Å². The van der Waals surface area contributed by atoms with Gasteiger partial charge in [-0.25, -0.2) is 4.39 Å². The molecule has 3 aromatic carbocycles. The van der Waals surface area contributed by atoms with Gasteiger partial charge in [-0.2, -0.15) is 0 Å². The summed E-state index contributed by atoms with van der Waals surface area (Å²) < 4.78 is 25.7. The van der Waals surface area contributed by atoms with Crippen molar-refractivity contribution in [2.45, 2.75) is 18.2 Å².